The summed E-state index contributed by atoms with van der Waals surface area (Å²) in [6.07, 6.45) is 7.63. The fourth-order valence-corrected chi connectivity index (χ4v) is 2.44. The summed E-state index contributed by atoms with van der Waals surface area (Å²) in [6, 6.07) is 2.02. The predicted molar refractivity (Wildman–Crippen MR) is 74.0 cm³/mol. The van der Waals surface area contributed by atoms with Gasteiger partial charge in [-0.25, -0.2) is 0 Å². The first kappa shape index (κ1) is 14.5. The summed E-state index contributed by atoms with van der Waals surface area (Å²) in [4.78, 5) is 0. The van der Waals surface area contributed by atoms with Gasteiger partial charge in [0.25, 0.3) is 0 Å². The van der Waals surface area contributed by atoms with Crippen LogP contribution in [0.15, 0.2) is 12.3 Å². The first-order valence-electron chi connectivity index (χ1n) is 7.23. The topological polar surface area (TPSA) is 59.3 Å². The van der Waals surface area contributed by atoms with Gasteiger partial charge in [-0.1, -0.05) is 12.8 Å². The number of hydrogen-bond donors (Lipinski definition) is 2. The van der Waals surface area contributed by atoms with Crippen molar-refractivity contribution in [2.75, 3.05) is 19.7 Å². The maximum Gasteiger partial charge on any atom is 0.0897 e. The van der Waals surface area contributed by atoms with E-state index in [9.17, 15) is 5.11 Å². The van der Waals surface area contributed by atoms with Gasteiger partial charge in [-0.15, -0.1) is 0 Å². The minimum Gasteiger partial charge on any atom is -0.389 e. The molecule has 5 nitrogen and oxygen atoms in total. The zero-order chi connectivity index (χ0) is 13.5. The molecule has 1 unspecified atom stereocenters. The Balaban J connectivity index is 1.50. The van der Waals surface area contributed by atoms with Crippen LogP contribution in [0.3, 0.4) is 0 Å². The molecular formula is C14H25N3O2. The van der Waals surface area contributed by atoms with Gasteiger partial charge in [0.05, 0.1) is 24.5 Å². The number of ether oxygens (including phenoxy) is 1. The van der Waals surface area contributed by atoms with Gasteiger partial charge in [0.2, 0.25) is 0 Å². The minimum atomic E-state index is -0.413. The quantitative estimate of drug-likeness (QED) is 0.686. The summed E-state index contributed by atoms with van der Waals surface area (Å²) in [5.74, 6) is 0. The molecule has 5 heteroatoms. The molecule has 0 saturated heterocycles. The second kappa shape index (κ2) is 7.62. The van der Waals surface area contributed by atoms with E-state index < -0.39 is 6.10 Å². The Morgan fingerprint density at radius 3 is 3.00 bits per heavy atom. The lowest BCUT2D eigenvalue weighted by molar-refractivity contribution is -0.00531. The highest BCUT2D eigenvalue weighted by molar-refractivity contribution is 4.98. The Morgan fingerprint density at radius 2 is 2.32 bits per heavy atom. The first-order valence-corrected chi connectivity index (χ1v) is 7.23. The summed E-state index contributed by atoms with van der Waals surface area (Å²) in [7, 11) is 1.92. The van der Waals surface area contributed by atoms with Crippen LogP contribution in [0.4, 0.5) is 0 Å². The smallest absolute Gasteiger partial charge is 0.0897 e. The molecule has 108 valence electrons. The van der Waals surface area contributed by atoms with E-state index in [0.717, 1.165) is 31.5 Å². The van der Waals surface area contributed by atoms with E-state index >= 15 is 0 Å². The van der Waals surface area contributed by atoms with Gasteiger partial charge in [0.15, 0.2) is 0 Å². The lowest BCUT2D eigenvalue weighted by Gasteiger charge is -2.15. The molecule has 1 aliphatic carbocycles. The summed E-state index contributed by atoms with van der Waals surface area (Å²) < 4.78 is 7.48. The molecule has 0 aliphatic heterocycles. The predicted octanol–water partition coefficient (Wildman–Crippen LogP) is 0.872. The second-order valence-corrected chi connectivity index (χ2v) is 5.33. The molecule has 19 heavy (non-hydrogen) atoms. The lowest BCUT2D eigenvalue weighted by Crippen LogP contribution is -2.32. The largest absolute Gasteiger partial charge is 0.389 e. The van der Waals surface area contributed by atoms with Gasteiger partial charge < -0.3 is 15.2 Å². The Kier molecular flexibility index (Phi) is 5.82. The van der Waals surface area contributed by atoms with Crippen molar-refractivity contribution in [3.8, 4) is 0 Å². The maximum atomic E-state index is 9.80. The number of aliphatic hydroxyl groups is 1. The summed E-state index contributed by atoms with van der Waals surface area (Å²) in [5.41, 5.74) is 1.08. The zero-order valence-corrected chi connectivity index (χ0v) is 11.7. The van der Waals surface area contributed by atoms with E-state index in [4.69, 9.17) is 4.74 Å². The van der Waals surface area contributed by atoms with E-state index in [1.165, 1.54) is 12.8 Å². The number of hydrogen-bond acceptors (Lipinski definition) is 4. The van der Waals surface area contributed by atoms with E-state index in [2.05, 4.69) is 10.4 Å². The number of aromatic nitrogens is 2. The Bertz CT molecular complexity index is 361. The Morgan fingerprint density at radius 1 is 1.53 bits per heavy atom. The molecular weight excluding hydrogens is 242 g/mol. The third-order valence-corrected chi connectivity index (χ3v) is 3.53. The van der Waals surface area contributed by atoms with E-state index in [0.29, 0.717) is 19.3 Å². The summed E-state index contributed by atoms with van der Waals surface area (Å²) in [5, 5.41) is 17.3. The van der Waals surface area contributed by atoms with Crippen molar-refractivity contribution in [1.82, 2.24) is 15.1 Å². The highest BCUT2D eigenvalue weighted by Crippen LogP contribution is 2.20. The van der Waals surface area contributed by atoms with Crippen molar-refractivity contribution in [3.63, 3.8) is 0 Å². The second-order valence-electron chi connectivity index (χ2n) is 5.33. The van der Waals surface area contributed by atoms with Gasteiger partial charge in [-0.2, -0.15) is 5.10 Å². The molecule has 2 N–H and O–H groups in total. The molecule has 0 spiro atoms. The molecule has 0 bridgehead atoms. The number of rotatable bonds is 8. The number of nitrogens with one attached hydrogen (secondary N) is 1. The van der Waals surface area contributed by atoms with Gasteiger partial charge in [0.1, 0.15) is 0 Å². The molecule has 0 aromatic carbocycles. The van der Waals surface area contributed by atoms with E-state index in [1.54, 1.807) is 4.68 Å². The van der Waals surface area contributed by atoms with E-state index in [-0.39, 0.29) is 0 Å². The van der Waals surface area contributed by atoms with Crippen LogP contribution >= 0.6 is 0 Å². The summed E-state index contributed by atoms with van der Waals surface area (Å²) >= 11 is 0. The monoisotopic (exact) mass is 267 g/mol. The molecule has 1 heterocycles. The molecule has 1 aromatic heterocycles. The third kappa shape index (κ3) is 5.30. The fraction of sp³-hybridized carbons (Fsp3) is 0.786. The molecule has 0 radical (unpaired) electrons. The number of aryl methyl sites for hydroxylation is 1. The maximum absolute atomic E-state index is 9.80. The lowest BCUT2D eigenvalue weighted by atomic mass is 10.3. The molecule has 2 rings (SSSR count). The molecule has 0 amide bonds. The van der Waals surface area contributed by atoms with Crippen molar-refractivity contribution >= 4 is 0 Å². The Hall–Kier alpha value is -0.910. The SMILES string of the molecule is Cn1ccc(CCNCC(O)COC2CCCC2)n1. The summed E-state index contributed by atoms with van der Waals surface area (Å²) in [6.45, 7) is 1.86. The van der Waals surface area contributed by atoms with Crippen LogP contribution in [0.25, 0.3) is 0 Å². The van der Waals surface area contributed by atoms with Crippen molar-refractivity contribution in [1.29, 1.82) is 0 Å². The van der Waals surface area contributed by atoms with Crippen LogP contribution in [0.5, 0.6) is 0 Å². The van der Waals surface area contributed by atoms with Crippen LogP contribution in [-0.2, 0) is 18.2 Å². The fourth-order valence-electron chi connectivity index (χ4n) is 2.44. The van der Waals surface area contributed by atoms with Gasteiger partial charge >= 0.3 is 0 Å². The van der Waals surface area contributed by atoms with Crippen molar-refractivity contribution in [3.05, 3.63) is 18.0 Å². The van der Waals surface area contributed by atoms with Crippen molar-refractivity contribution in [2.45, 2.75) is 44.3 Å². The van der Waals surface area contributed by atoms with Gasteiger partial charge in [-0.05, 0) is 18.9 Å². The highest BCUT2D eigenvalue weighted by Gasteiger charge is 2.16. The highest BCUT2D eigenvalue weighted by atomic mass is 16.5. The van der Waals surface area contributed by atoms with Crippen LogP contribution in [0, 0.1) is 0 Å². The van der Waals surface area contributed by atoms with Crippen LogP contribution < -0.4 is 5.32 Å². The number of aliphatic hydroxyl groups excluding tert-OH is 1. The average Bonchev–Trinajstić information content (AvgIpc) is 3.04. The molecule has 1 aromatic rings. The van der Waals surface area contributed by atoms with Crippen molar-refractivity contribution < 1.29 is 9.84 Å². The van der Waals surface area contributed by atoms with Crippen LogP contribution in [0.2, 0.25) is 0 Å². The van der Waals surface area contributed by atoms with Crippen LogP contribution in [0.1, 0.15) is 31.4 Å². The molecule has 1 aliphatic rings. The average molecular weight is 267 g/mol. The first-order chi connectivity index (χ1) is 9.24. The van der Waals surface area contributed by atoms with Gasteiger partial charge in [-0.3, -0.25) is 4.68 Å². The standard InChI is InChI=1S/C14H25N3O2/c1-17-9-7-12(16-17)6-8-15-10-13(18)11-19-14-4-2-3-5-14/h7,9,13-15,18H,2-6,8,10-11H2,1H3. The molecule has 1 saturated carbocycles. The Labute approximate surface area is 115 Å². The van der Waals surface area contributed by atoms with Crippen molar-refractivity contribution in [2.24, 2.45) is 7.05 Å². The minimum absolute atomic E-state index is 0.378. The van der Waals surface area contributed by atoms with Gasteiger partial charge in [0, 0.05) is 32.8 Å². The zero-order valence-electron chi connectivity index (χ0n) is 11.7. The molecule has 1 fully saturated rings. The normalized spacial score (nSPS) is 18.0. The third-order valence-electron chi connectivity index (χ3n) is 3.53. The molecule has 1 atom stereocenters. The van der Waals surface area contributed by atoms with E-state index in [1.807, 2.05) is 19.3 Å². The van der Waals surface area contributed by atoms with Crippen LogP contribution in [-0.4, -0.2) is 46.8 Å². The number of nitrogens with zero attached hydrogens (tertiary/aromatic N) is 2.